The number of alkyl halides is 3. The van der Waals surface area contributed by atoms with Crippen LogP contribution in [0.5, 0.6) is 0 Å². The van der Waals surface area contributed by atoms with Gasteiger partial charge in [-0.15, -0.1) is 0 Å². The molecule has 10 heteroatoms. The van der Waals surface area contributed by atoms with Gasteiger partial charge in [0.05, 0.1) is 27.8 Å². The van der Waals surface area contributed by atoms with Crippen LogP contribution in [0.15, 0.2) is 60.9 Å². The minimum atomic E-state index is -4.50. The summed E-state index contributed by atoms with van der Waals surface area (Å²) in [4.78, 5) is 20.4. The normalized spacial score (nSPS) is 11.9. The molecule has 3 heterocycles. The Morgan fingerprint density at radius 2 is 1.74 bits per heavy atom. The van der Waals surface area contributed by atoms with E-state index in [1.54, 1.807) is 18.2 Å². The van der Waals surface area contributed by atoms with Crippen LogP contribution in [0.1, 0.15) is 17.8 Å². The topological polar surface area (TPSA) is 79.4 Å². The summed E-state index contributed by atoms with van der Waals surface area (Å²) in [7, 11) is 0. The van der Waals surface area contributed by atoms with Crippen LogP contribution < -0.4 is 5.32 Å². The van der Waals surface area contributed by atoms with Crippen molar-refractivity contribution in [3.63, 3.8) is 0 Å². The first-order valence-electron chi connectivity index (χ1n) is 10.5. The van der Waals surface area contributed by atoms with Crippen molar-refractivity contribution in [2.24, 2.45) is 0 Å². The highest BCUT2D eigenvalue weighted by molar-refractivity contribution is 5.87. The van der Waals surface area contributed by atoms with Crippen LogP contribution >= 0.6 is 0 Å². The largest absolute Gasteiger partial charge is 0.417 e. The van der Waals surface area contributed by atoms with E-state index in [4.69, 9.17) is 0 Å². The van der Waals surface area contributed by atoms with Crippen molar-refractivity contribution in [2.75, 3.05) is 11.9 Å². The molecule has 0 amide bonds. The Balaban J connectivity index is 1.34. The third-order valence-electron chi connectivity index (χ3n) is 5.37. The van der Waals surface area contributed by atoms with E-state index in [9.17, 15) is 17.6 Å². The van der Waals surface area contributed by atoms with Gasteiger partial charge >= 0.3 is 6.18 Å². The van der Waals surface area contributed by atoms with Gasteiger partial charge in [0, 0.05) is 18.5 Å². The number of rotatable bonds is 6. The number of pyridine rings is 1. The van der Waals surface area contributed by atoms with E-state index in [1.165, 1.54) is 36.7 Å². The van der Waals surface area contributed by atoms with Crippen LogP contribution in [0.25, 0.3) is 33.3 Å². The number of hydrogen-bond donors (Lipinski definition) is 2. The molecule has 0 atom stereocenters. The van der Waals surface area contributed by atoms with E-state index >= 15 is 0 Å². The van der Waals surface area contributed by atoms with Gasteiger partial charge in [0.15, 0.2) is 5.82 Å². The minimum Gasteiger partial charge on any atom is -0.368 e. The summed E-state index contributed by atoms with van der Waals surface area (Å²) in [5.41, 5.74) is 1.67. The fourth-order valence-electron chi connectivity index (χ4n) is 3.79. The van der Waals surface area contributed by atoms with E-state index in [1.807, 2.05) is 0 Å². The second kappa shape index (κ2) is 8.69. The van der Waals surface area contributed by atoms with Gasteiger partial charge in [-0.25, -0.2) is 24.3 Å². The number of aromatic amines is 1. The molecule has 5 aromatic rings. The maximum Gasteiger partial charge on any atom is 0.417 e. The standard InChI is InChI=1S/C24H18F4N6/c25-14-7-8-18-20(12-14)33-21(32-18)6-3-11-29-23-22-19(30-13-31-23)10-9-17(34-22)15-4-1-2-5-16(15)24(26,27)28/h1-2,4-5,7-10,12-13H,3,6,11H2,(H,32,33)(H,29,30,31). The molecule has 0 bridgehead atoms. The van der Waals surface area contributed by atoms with Crippen molar-refractivity contribution in [1.29, 1.82) is 0 Å². The van der Waals surface area contributed by atoms with E-state index in [-0.39, 0.29) is 17.1 Å². The maximum absolute atomic E-state index is 13.5. The molecule has 0 aliphatic heterocycles. The van der Waals surface area contributed by atoms with Crippen LogP contribution in [0.4, 0.5) is 23.4 Å². The molecule has 3 aromatic heterocycles. The van der Waals surface area contributed by atoms with Gasteiger partial charge < -0.3 is 10.3 Å². The monoisotopic (exact) mass is 466 g/mol. The fraction of sp³-hybridized carbons (Fsp3) is 0.167. The number of fused-ring (bicyclic) bond motifs is 2. The molecular formula is C24H18F4N6. The Hall–Kier alpha value is -4.08. The molecule has 2 aromatic carbocycles. The lowest BCUT2D eigenvalue weighted by Crippen LogP contribution is -2.08. The smallest absolute Gasteiger partial charge is 0.368 e. The zero-order valence-corrected chi connectivity index (χ0v) is 17.7. The summed E-state index contributed by atoms with van der Waals surface area (Å²) >= 11 is 0. The maximum atomic E-state index is 13.5. The molecule has 0 radical (unpaired) electrons. The number of nitrogens with one attached hydrogen (secondary N) is 2. The molecule has 0 saturated carbocycles. The third-order valence-corrected chi connectivity index (χ3v) is 5.37. The third kappa shape index (κ3) is 4.39. The second-order valence-electron chi connectivity index (χ2n) is 7.71. The van der Waals surface area contributed by atoms with Gasteiger partial charge in [0.25, 0.3) is 0 Å². The van der Waals surface area contributed by atoms with Crippen molar-refractivity contribution in [3.8, 4) is 11.3 Å². The number of nitrogens with zero attached hydrogens (tertiary/aromatic N) is 4. The molecule has 0 unspecified atom stereocenters. The lowest BCUT2D eigenvalue weighted by molar-refractivity contribution is -0.137. The van der Waals surface area contributed by atoms with Crippen LogP contribution in [0.3, 0.4) is 0 Å². The van der Waals surface area contributed by atoms with E-state index in [2.05, 4.69) is 30.2 Å². The number of halogens is 4. The Bertz CT molecular complexity index is 1480. The Labute approximate surface area is 191 Å². The number of aromatic nitrogens is 5. The first kappa shape index (κ1) is 21.7. The van der Waals surface area contributed by atoms with Crippen LogP contribution in [-0.4, -0.2) is 31.5 Å². The van der Waals surface area contributed by atoms with Gasteiger partial charge in [0.1, 0.15) is 23.5 Å². The summed E-state index contributed by atoms with van der Waals surface area (Å²) in [5, 5.41) is 3.19. The van der Waals surface area contributed by atoms with Gasteiger partial charge in [-0.2, -0.15) is 13.2 Å². The molecule has 0 saturated heterocycles. The fourth-order valence-corrected chi connectivity index (χ4v) is 3.79. The Morgan fingerprint density at radius 1 is 0.912 bits per heavy atom. The molecule has 2 N–H and O–H groups in total. The molecule has 6 nitrogen and oxygen atoms in total. The molecule has 5 rings (SSSR count). The second-order valence-corrected chi connectivity index (χ2v) is 7.71. The van der Waals surface area contributed by atoms with Crippen molar-refractivity contribution in [3.05, 3.63) is 78.1 Å². The quantitative estimate of drug-likeness (QED) is 0.245. The minimum absolute atomic E-state index is 0.00646. The Morgan fingerprint density at radius 3 is 2.59 bits per heavy atom. The summed E-state index contributed by atoms with van der Waals surface area (Å²) in [6.45, 7) is 0.516. The van der Waals surface area contributed by atoms with Gasteiger partial charge in [0.2, 0.25) is 0 Å². The first-order valence-corrected chi connectivity index (χ1v) is 10.5. The number of H-pyrrole nitrogens is 1. The molecule has 172 valence electrons. The number of hydrogen-bond acceptors (Lipinski definition) is 5. The number of aryl methyl sites for hydroxylation is 1. The van der Waals surface area contributed by atoms with E-state index in [0.717, 1.165) is 11.9 Å². The molecule has 0 aliphatic carbocycles. The van der Waals surface area contributed by atoms with Gasteiger partial charge in [-0.05, 0) is 42.8 Å². The Kier molecular flexibility index (Phi) is 5.56. The van der Waals surface area contributed by atoms with Crippen molar-refractivity contribution in [2.45, 2.75) is 19.0 Å². The molecule has 0 spiro atoms. The number of imidazole rings is 1. The zero-order chi connectivity index (χ0) is 23.7. The predicted octanol–water partition coefficient (Wildman–Crippen LogP) is 5.77. The first-order chi connectivity index (χ1) is 16.4. The zero-order valence-electron chi connectivity index (χ0n) is 17.7. The van der Waals surface area contributed by atoms with Gasteiger partial charge in [-0.3, -0.25) is 0 Å². The summed E-state index contributed by atoms with van der Waals surface area (Å²) in [5.74, 6) is 0.840. The highest BCUT2D eigenvalue weighted by Gasteiger charge is 2.33. The summed E-state index contributed by atoms with van der Waals surface area (Å²) in [6.07, 6.45) is -1.82. The van der Waals surface area contributed by atoms with Crippen molar-refractivity contribution in [1.82, 2.24) is 24.9 Å². The lowest BCUT2D eigenvalue weighted by Gasteiger charge is -2.13. The highest BCUT2D eigenvalue weighted by atomic mass is 19.4. The van der Waals surface area contributed by atoms with Gasteiger partial charge in [-0.1, -0.05) is 18.2 Å². The lowest BCUT2D eigenvalue weighted by atomic mass is 10.0. The average molecular weight is 466 g/mol. The summed E-state index contributed by atoms with van der Waals surface area (Å²) < 4.78 is 53.8. The number of anilines is 1. The SMILES string of the molecule is Fc1ccc2nc(CCCNc3ncnc4ccc(-c5ccccc5C(F)(F)F)nc34)[nH]c2c1. The van der Waals surface area contributed by atoms with Crippen LogP contribution in [0.2, 0.25) is 0 Å². The van der Waals surface area contributed by atoms with E-state index < -0.39 is 11.7 Å². The average Bonchev–Trinajstić information content (AvgIpc) is 3.23. The predicted molar refractivity (Wildman–Crippen MR) is 121 cm³/mol. The summed E-state index contributed by atoms with van der Waals surface area (Å²) in [6, 6.07) is 12.9. The molecular weight excluding hydrogens is 448 g/mol. The molecule has 34 heavy (non-hydrogen) atoms. The van der Waals surface area contributed by atoms with E-state index in [0.29, 0.717) is 47.3 Å². The number of benzene rings is 2. The van der Waals surface area contributed by atoms with Crippen LogP contribution in [-0.2, 0) is 12.6 Å². The van der Waals surface area contributed by atoms with Crippen LogP contribution in [0, 0.1) is 5.82 Å². The molecule has 0 fully saturated rings. The van der Waals surface area contributed by atoms with Crippen molar-refractivity contribution < 1.29 is 17.6 Å². The molecule has 0 aliphatic rings. The van der Waals surface area contributed by atoms with Crippen molar-refractivity contribution >= 4 is 27.9 Å². The highest BCUT2D eigenvalue weighted by Crippen LogP contribution is 2.36.